The van der Waals surface area contributed by atoms with Crippen molar-refractivity contribution >= 4 is 11.9 Å². The highest BCUT2D eigenvalue weighted by molar-refractivity contribution is 5.87. The number of carbonyl (C=O) groups excluding carboxylic acids is 2. The Morgan fingerprint density at radius 1 is 1.18 bits per heavy atom. The van der Waals surface area contributed by atoms with E-state index in [2.05, 4.69) is 5.32 Å². The van der Waals surface area contributed by atoms with Gasteiger partial charge >= 0.3 is 5.97 Å². The molecule has 0 saturated carbocycles. The highest BCUT2D eigenvalue weighted by atomic mass is 16.5. The Balaban J connectivity index is 2.39. The molecule has 0 aliphatic rings. The fourth-order valence-electron chi connectivity index (χ4n) is 2.56. The molecule has 1 aromatic carbocycles. The van der Waals surface area contributed by atoms with Gasteiger partial charge in [0.25, 0.3) is 0 Å². The smallest absolute Gasteiger partial charge is 0.337 e. The van der Waals surface area contributed by atoms with Crippen LogP contribution in [0.25, 0.3) is 0 Å². The summed E-state index contributed by atoms with van der Waals surface area (Å²) in [7, 11) is 1.31. The third-order valence-corrected chi connectivity index (χ3v) is 3.56. The molecule has 0 saturated heterocycles. The average molecular weight is 300 g/mol. The fraction of sp³-hybridized carbons (Fsp3) is 0.294. The maximum atomic E-state index is 12.2. The van der Waals surface area contributed by atoms with Crippen molar-refractivity contribution in [3.8, 4) is 0 Å². The summed E-state index contributed by atoms with van der Waals surface area (Å²) in [5.41, 5.74) is 0.562. The molecule has 5 nitrogen and oxygen atoms in total. The number of amides is 1. The monoisotopic (exact) mass is 300 g/mol. The molecule has 2 rings (SSSR count). The molecule has 1 amide bonds. The van der Waals surface area contributed by atoms with Crippen LogP contribution >= 0.6 is 0 Å². The van der Waals surface area contributed by atoms with Crippen molar-refractivity contribution in [3.63, 3.8) is 0 Å². The summed E-state index contributed by atoms with van der Waals surface area (Å²) < 4.78 is 6.81. The van der Waals surface area contributed by atoms with E-state index in [0.717, 1.165) is 5.56 Å². The summed E-state index contributed by atoms with van der Waals surface area (Å²) in [5.74, 6) is -0.795. The van der Waals surface area contributed by atoms with Crippen LogP contribution in [-0.4, -0.2) is 23.6 Å². The second kappa shape index (κ2) is 6.47. The van der Waals surface area contributed by atoms with E-state index in [4.69, 9.17) is 4.74 Å². The van der Waals surface area contributed by atoms with Gasteiger partial charge in [0.15, 0.2) is 5.54 Å². The number of rotatable bonds is 5. The lowest BCUT2D eigenvalue weighted by Crippen LogP contribution is -2.50. The van der Waals surface area contributed by atoms with Gasteiger partial charge in [-0.3, -0.25) is 4.79 Å². The quantitative estimate of drug-likeness (QED) is 0.860. The summed E-state index contributed by atoms with van der Waals surface area (Å²) in [4.78, 5) is 23.7. The molecule has 0 fully saturated rings. The number of benzene rings is 1. The van der Waals surface area contributed by atoms with Crippen LogP contribution in [0.5, 0.6) is 0 Å². The van der Waals surface area contributed by atoms with E-state index >= 15 is 0 Å². The summed E-state index contributed by atoms with van der Waals surface area (Å²) in [6.45, 7) is 3.64. The molecule has 5 heteroatoms. The number of nitrogens with zero attached hydrogens (tertiary/aromatic N) is 1. The Morgan fingerprint density at radius 2 is 1.86 bits per heavy atom. The molecule has 0 bridgehead atoms. The van der Waals surface area contributed by atoms with Gasteiger partial charge in [-0.05, 0) is 24.6 Å². The minimum Gasteiger partial charge on any atom is -0.467 e. The Hall–Kier alpha value is -2.56. The van der Waals surface area contributed by atoms with Gasteiger partial charge in [0.1, 0.15) is 0 Å². The highest BCUT2D eigenvalue weighted by Crippen LogP contribution is 2.24. The molecule has 1 heterocycles. The van der Waals surface area contributed by atoms with E-state index in [1.807, 2.05) is 53.2 Å². The maximum Gasteiger partial charge on any atom is 0.337 e. The standard InChI is InChI=1S/C17H20N2O3/c1-13(20)18-17(2,16(21)22-3)15-10-7-11-19(15)12-14-8-5-4-6-9-14/h4-11H,12H2,1-3H3,(H,18,20). The largest absolute Gasteiger partial charge is 0.467 e. The molecule has 0 aliphatic carbocycles. The zero-order chi connectivity index (χ0) is 16.2. The third-order valence-electron chi connectivity index (χ3n) is 3.56. The Labute approximate surface area is 129 Å². The Bertz CT molecular complexity index is 664. The van der Waals surface area contributed by atoms with Crippen molar-refractivity contribution in [1.29, 1.82) is 0 Å². The number of nitrogens with one attached hydrogen (secondary N) is 1. The van der Waals surface area contributed by atoms with Crippen LogP contribution in [0.4, 0.5) is 0 Å². The summed E-state index contributed by atoms with van der Waals surface area (Å²) >= 11 is 0. The molecule has 0 spiro atoms. The lowest BCUT2D eigenvalue weighted by molar-refractivity contribution is -0.150. The molecule has 0 aliphatic heterocycles. The van der Waals surface area contributed by atoms with Crippen molar-refractivity contribution in [1.82, 2.24) is 9.88 Å². The molecule has 116 valence electrons. The van der Waals surface area contributed by atoms with E-state index < -0.39 is 11.5 Å². The van der Waals surface area contributed by atoms with Gasteiger partial charge in [-0.2, -0.15) is 0 Å². The number of aromatic nitrogens is 1. The SMILES string of the molecule is COC(=O)C(C)(NC(C)=O)c1cccn1Cc1ccccc1. The van der Waals surface area contributed by atoms with Crippen LogP contribution in [0, 0.1) is 0 Å². The second-order valence-corrected chi connectivity index (χ2v) is 5.30. The molecule has 1 aromatic heterocycles. The zero-order valence-corrected chi connectivity index (χ0v) is 13.0. The van der Waals surface area contributed by atoms with Gasteiger partial charge in [0.2, 0.25) is 5.91 Å². The molecular formula is C17H20N2O3. The first kappa shape index (κ1) is 15.8. The number of methoxy groups -OCH3 is 1. The third kappa shape index (κ3) is 3.19. The first-order chi connectivity index (χ1) is 10.5. The van der Waals surface area contributed by atoms with Crippen molar-refractivity contribution < 1.29 is 14.3 Å². The van der Waals surface area contributed by atoms with Crippen LogP contribution < -0.4 is 5.32 Å². The Morgan fingerprint density at radius 3 is 2.45 bits per heavy atom. The first-order valence-electron chi connectivity index (χ1n) is 7.04. The Kier molecular flexibility index (Phi) is 4.65. The average Bonchev–Trinajstić information content (AvgIpc) is 2.95. The number of hydrogen-bond donors (Lipinski definition) is 1. The molecule has 1 atom stereocenters. The van der Waals surface area contributed by atoms with Crippen molar-refractivity contribution in [2.24, 2.45) is 0 Å². The molecular weight excluding hydrogens is 280 g/mol. The van der Waals surface area contributed by atoms with Gasteiger partial charge in [-0.1, -0.05) is 30.3 Å². The van der Waals surface area contributed by atoms with Crippen molar-refractivity contribution in [2.45, 2.75) is 25.9 Å². The highest BCUT2D eigenvalue weighted by Gasteiger charge is 2.39. The summed E-state index contributed by atoms with van der Waals surface area (Å²) in [5, 5.41) is 2.70. The lowest BCUT2D eigenvalue weighted by Gasteiger charge is -2.29. The molecule has 0 radical (unpaired) electrons. The van der Waals surface area contributed by atoms with E-state index in [1.165, 1.54) is 14.0 Å². The van der Waals surface area contributed by atoms with Crippen LogP contribution in [0.2, 0.25) is 0 Å². The topological polar surface area (TPSA) is 60.3 Å². The van der Waals surface area contributed by atoms with Gasteiger partial charge in [0.05, 0.1) is 12.8 Å². The predicted molar refractivity (Wildman–Crippen MR) is 83.2 cm³/mol. The maximum absolute atomic E-state index is 12.2. The van der Waals surface area contributed by atoms with E-state index in [1.54, 1.807) is 6.92 Å². The second-order valence-electron chi connectivity index (χ2n) is 5.30. The van der Waals surface area contributed by atoms with Crippen LogP contribution in [0.1, 0.15) is 25.1 Å². The minimum atomic E-state index is -1.22. The van der Waals surface area contributed by atoms with Crippen LogP contribution in [-0.2, 0) is 26.4 Å². The molecule has 1 unspecified atom stereocenters. The summed E-state index contributed by atoms with van der Waals surface area (Å²) in [6.07, 6.45) is 1.88. The number of carbonyl (C=O) groups is 2. The van der Waals surface area contributed by atoms with E-state index in [0.29, 0.717) is 12.2 Å². The minimum absolute atomic E-state index is 0.291. The molecule has 22 heavy (non-hydrogen) atoms. The fourth-order valence-corrected chi connectivity index (χ4v) is 2.56. The molecule has 2 aromatic rings. The van der Waals surface area contributed by atoms with E-state index in [9.17, 15) is 9.59 Å². The van der Waals surface area contributed by atoms with Crippen molar-refractivity contribution in [2.75, 3.05) is 7.11 Å². The zero-order valence-electron chi connectivity index (χ0n) is 13.0. The summed E-state index contributed by atoms with van der Waals surface area (Å²) in [6, 6.07) is 13.6. The lowest BCUT2D eigenvalue weighted by atomic mass is 9.97. The normalized spacial score (nSPS) is 13.2. The van der Waals surface area contributed by atoms with Crippen LogP contribution in [0.15, 0.2) is 48.7 Å². The van der Waals surface area contributed by atoms with Crippen molar-refractivity contribution in [3.05, 3.63) is 59.9 Å². The van der Waals surface area contributed by atoms with E-state index in [-0.39, 0.29) is 5.91 Å². The van der Waals surface area contributed by atoms with Crippen LogP contribution in [0.3, 0.4) is 0 Å². The number of hydrogen-bond acceptors (Lipinski definition) is 3. The first-order valence-corrected chi connectivity index (χ1v) is 7.04. The van der Waals surface area contributed by atoms with Gasteiger partial charge in [-0.15, -0.1) is 0 Å². The predicted octanol–water partition coefficient (Wildman–Crippen LogP) is 2.06. The number of ether oxygens (including phenoxy) is 1. The number of esters is 1. The van der Waals surface area contributed by atoms with Gasteiger partial charge in [-0.25, -0.2) is 4.79 Å². The van der Waals surface area contributed by atoms with Gasteiger partial charge in [0, 0.05) is 19.7 Å². The molecule has 1 N–H and O–H groups in total. The van der Waals surface area contributed by atoms with Gasteiger partial charge < -0.3 is 14.6 Å².